The van der Waals surface area contributed by atoms with E-state index in [1.807, 2.05) is 0 Å². The molecule has 2 unspecified atom stereocenters. The van der Waals surface area contributed by atoms with Gasteiger partial charge in [0.25, 0.3) is 11.1 Å². The fourth-order valence-corrected chi connectivity index (χ4v) is 3.51. The Morgan fingerprint density at radius 1 is 1.38 bits per heavy atom. The zero-order valence-electron chi connectivity index (χ0n) is 13.0. The predicted octanol–water partition coefficient (Wildman–Crippen LogP) is 0.192. The summed E-state index contributed by atoms with van der Waals surface area (Å²) < 4.78 is 0. The Labute approximate surface area is 143 Å². The van der Waals surface area contributed by atoms with E-state index in [0.717, 1.165) is 17.3 Å². The maximum absolute atomic E-state index is 12.3. The molecule has 0 radical (unpaired) electrons. The van der Waals surface area contributed by atoms with Crippen molar-refractivity contribution in [2.24, 2.45) is 5.92 Å². The molecule has 0 aliphatic carbocycles. The Kier molecular flexibility index (Phi) is 5.17. The highest BCUT2D eigenvalue weighted by Crippen LogP contribution is 2.21. The van der Waals surface area contributed by atoms with Gasteiger partial charge >= 0.3 is 0 Å². The predicted molar refractivity (Wildman–Crippen MR) is 89.5 cm³/mol. The number of hydrogen-bond acceptors (Lipinski definition) is 6. The molecule has 2 atom stereocenters. The van der Waals surface area contributed by atoms with Crippen molar-refractivity contribution in [3.05, 3.63) is 35.4 Å². The third kappa shape index (κ3) is 3.77. The molecule has 1 aromatic carbocycles. The molecule has 0 bridgehead atoms. The van der Waals surface area contributed by atoms with Crippen LogP contribution >= 0.6 is 11.8 Å². The molecule has 3 rings (SSSR count). The number of benzene rings is 1. The van der Waals surface area contributed by atoms with Gasteiger partial charge < -0.3 is 15.7 Å². The average Bonchev–Trinajstić information content (AvgIpc) is 3.13. The van der Waals surface area contributed by atoms with E-state index in [1.165, 1.54) is 4.90 Å². The van der Waals surface area contributed by atoms with Crippen molar-refractivity contribution < 1.29 is 19.5 Å². The van der Waals surface area contributed by atoms with Crippen LogP contribution in [0.4, 0.5) is 4.79 Å². The molecule has 2 saturated heterocycles. The average molecular weight is 349 g/mol. The van der Waals surface area contributed by atoms with Gasteiger partial charge in [0.2, 0.25) is 5.91 Å². The van der Waals surface area contributed by atoms with Crippen molar-refractivity contribution in [2.75, 3.05) is 25.4 Å². The molecule has 2 heterocycles. The standard InChI is InChI=1S/C16H19N3O4S/c20-13-7-17-5-12(13)6-18-15(22)11-3-1-2-10(4-11)8-19-14(21)9-24-16(19)23/h1-4,12-13,17,20H,5-9H2,(H,18,22). The highest BCUT2D eigenvalue weighted by molar-refractivity contribution is 8.14. The van der Waals surface area contributed by atoms with Crippen molar-refractivity contribution in [2.45, 2.75) is 12.6 Å². The first-order valence-electron chi connectivity index (χ1n) is 7.77. The second-order valence-corrected chi connectivity index (χ2v) is 6.86. The van der Waals surface area contributed by atoms with Gasteiger partial charge in [-0.3, -0.25) is 19.3 Å². The van der Waals surface area contributed by atoms with Gasteiger partial charge in [0.05, 0.1) is 18.4 Å². The van der Waals surface area contributed by atoms with E-state index >= 15 is 0 Å². The zero-order valence-corrected chi connectivity index (χ0v) is 13.8. The number of amides is 3. The molecule has 0 saturated carbocycles. The van der Waals surface area contributed by atoms with Crippen LogP contribution in [-0.2, 0) is 11.3 Å². The van der Waals surface area contributed by atoms with Crippen LogP contribution in [-0.4, -0.2) is 58.6 Å². The lowest BCUT2D eigenvalue weighted by Gasteiger charge is -2.15. The number of aliphatic hydroxyl groups excluding tert-OH is 1. The largest absolute Gasteiger partial charge is 0.391 e. The maximum Gasteiger partial charge on any atom is 0.289 e. The Bertz CT molecular complexity index is 650. The topological polar surface area (TPSA) is 98.7 Å². The number of carbonyl (C=O) groups is 3. The van der Waals surface area contributed by atoms with Crippen molar-refractivity contribution in [1.82, 2.24) is 15.5 Å². The van der Waals surface area contributed by atoms with E-state index in [0.29, 0.717) is 25.2 Å². The van der Waals surface area contributed by atoms with Crippen LogP contribution in [0.5, 0.6) is 0 Å². The molecule has 8 heteroatoms. The third-order valence-electron chi connectivity index (χ3n) is 4.20. The molecule has 128 valence electrons. The lowest BCUT2D eigenvalue weighted by molar-refractivity contribution is -0.125. The van der Waals surface area contributed by atoms with Crippen LogP contribution in [0.25, 0.3) is 0 Å². The van der Waals surface area contributed by atoms with Crippen LogP contribution in [0.3, 0.4) is 0 Å². The Morgan fingerprint density at radius 2 is 2.21 bits per heavy atom. The minimum absolute atomic E-state index is 0.00833. The van der Waals surface area contributed by atoms with Gasteiger partial charge in [-0.15, -0.1) is 0 Å². The van der Waals surface area contributed by atoms with Crippen molar-refractivity contribution in [3.8, 4) is 0 Å². The van der Waals surface area contributed by atoms with Crippen LogP contribution in [0, 0.1) is 5.92 Å². The van der Waals surface area contributed by atoms with Crippen LogP contribution in [0.2, 0.25) is 0 Å². The maximum atomic E-state index is 12.3. The van der Waals surface area contributed by atoms with E-state index in [9.17, 15) is 19.5 Å². The summed E-state index contributed by atoms with van der Waals surface area (Å²) in [5.74, 6) is -0.252. The van der Waals surface area contributed by atoms with Gasteiger partial charge in [0.1, 0.15) is 0 Å². The number of β-amino-alcohol motifs (C(OH)–C–C–N with tert-alkyl or cyclic N) is 1. The highest BCUT2D eigenvalue weighted by Gasteiger charge is 2.30. The summed E-state index contributed by atoms with van der Waals surface area (Å²) in [7, 11) is 0. The molecular formula is C16H19N3O4S. The molecule has 3 amide bonds. The van der Waals surface area contributed by atoms with Gasteiger partial charge in [-0.05, 0) is 17.7 Å². The Hall–Kier alpha value is -1.90. The van der Waals surface area contributed by atoms with Gasteiger partial charge in [-0.1, -0.05) is 23.9 Å². The molecule has 2 fully saturated rings. The monoisotopic (exact) mass is 349 g/mol. The summed E-state index contributed by atoms with van der Waals surface area (Å²) in [5, 5.41) is 15.4. The van der Waals surface area contributed by atoms with Gasteiger partial charge in [0, 0.05) is 31.1 Å². The number of rotatable bonds is 5. The second-order valence-electron chi connectivity index (χ2n) is 5.93. The minimum atomic E-state index is -0.443. The van der Waals surface area contributed by atoms with E-state index in [-0.39, 0.29) is 35.3 Å². The van der Waals surface area contributed by atoms with E-state index in [1.54, 1.807) is 24.3 Å². The number of hydrogen-bond donors (Lipinski definition) is 3. The molecule has 3 N–H and O–H groups in total. The van der Waals surface area contributed by atoms with E-state index in [4.69, 9.17) is 0 Å². The highest BCUT2D eigenvalue weighted by atomic mass is 32.2. The van der Waals surface area contributed by atoms with Crippen LogP contribution < -0.4 is 10.6 Å². The first-order valence-corrected chi connectivity index (χ1v) is 8.76. The molecule has 2 aliphatic heterocycles. The molecule has 2 aliphatic rings. The third-order valence-corrected chi connectivity index (χ3v) is 5.06. The number of aliphatic hydroxyl groups is 1. The van der Waals surface area contributed by atoms with Crippen LogP contribution in [0.1, 0.15) is 15.9 Å². The summed E-state index contributed by atoms with van der Waals surface area (Å²) in [4.78, 5) is 36.8. The fourth-order valence-electron chi connectivity index (χ4n) is 2.78. The second kappa shape index (κ2) is 7.33. The Morgan fingerprint density at radius 3 is 2.88 bits per heavy atom. The first-order chi connectivity index (χ1) is 11.5. The zero-order chi connectivity index (χ0) is 17.1. The summed E-state index contributed by atoms with van der Waals surface area (Å²) in [6.45, 7) is 1.80. The minimum Gasteiger partial charge on any atom is -0.391 e. The van der Waals surface area contributed by atoms with E-state index in [2.05, 4.69) is 10.6 Å². The Balaban J connectivity index is 1.61. The lowest BCUT2D eigenvalue weighted by Crippen LogP contribution is -2.34. The van der Waals surface area contributed by atoms with Gasteiger partial charge in [0.15, 0.2) is 0 Å². The molecule has 0 aromatic heterocycles. The van der Waals surface area contributed by atoms with Gasteiger partial charge in [-0.25, -0.2) is 0 Å². The summed E-state index contributed by atoms with van der Waals surface area (Å²) >= 11 is 0.994. The molecule has 24 heavy (non-hydrogen) atoms. The lowest BCUT2D eigenvalue weighted by atomic mass is 10.1. The smallest absolute Gasteiger partial charge is 0.289 e. The number of imide groups is 1. The summed E-state index contributed by atoms with van der Waals surface area (Å²) in [6, 6.07) is 6.88. The summed E-state index contributed by atoms with van der Waals surface area (Å²) in [6.07, 6.45) is -0.443. The van der Waals surface area contributed by atoms with Gasteiger partial charge in [-0.2, -0.15) is 0 Å². The first kappa shape index (κ1) is 16.9. The number of nitrogens with zero attached hydrogens (tertiary/aromatic N) is 1. The molecule has 1 aromatic rings. The molecule has 7 nitrogen and oxygen atoms in total. The van der Waals surface area contributed by atoms with Crippen molar-refractivity contribution in [3.63, 3.8) is 0 Å². The fraction of sp³-hybridized carbons (Fsp3) is 0.438. The summed E-state index contributed by atoms with van der Waals surface area (Å²) in [5.41, 5.74) is 1.20. The molecular weight excluding hydrogens is 330 g/mol. The van der Waals surface area contributed by atoms with Crippen LogP contribution in [0.15, 0.2) is 24.3 Å². The number of carbonyl (C=O) groups excluding carboxylic acids is 3. The number of nitrogens with one attached hydrogen (secondary N) is 2. The van der Waals surface area contributed by atoms with Crippen molar-refractivity contribution in [1.29, 1.82) is 0 Å². The SMILES string of the molecule is O=C(NCC1CNCC1O)c1cccc(CN2C(=O)CSC2=O)c1. The number of thioether (sulfide) groups is 1. The quantitative estimate of drug-likeness (QED) is 0.702. The van der Waals surface area contributed by atoms with Crippen molar-refractivity contribution >= 4 is 28.8 Å². The van der Waals surface area contributed by atoms with E-state index < -0.39 is 6.10 Å². The molecule has 0 spiro atoms. The normalized spacial score (nSPS) is 23.8.